The number of rotatable bonds is 4. The van der Waals surface area contributed by atoms with Crippen LogP contribution in [0.1, 0.15) is 52.0 Å². The number of carbonyl (C=O) groups is 1. The molecule has 1 aliphatic rings. The van der Waals surface area contributed by atoms with E-state index >= 15 is 0 Å². The molecule has 3 aromatic heterocycles. The molecule has 1 aliphatic heterocycles. The lowest BCUT2D eigenvalue weighted by atomic mass is 9.95. The van der Waals surface area contributed by atoms with Gasteiger partial charge in [-0.25, -0.2) is 4.98 Å². The number of aryl methyl sites for hydroxylation is 2. The highest BCUT2D eigenvalue weighted by Crippen LogP contribution is 2.28. The van der Waals surface area contributed by atoms with Crippen LogP contribution in [-0.4, -0.2) is 38.4 Å². The minimum absolute atomic E-state index is 0.0708. The van der Waals surface area contributed by atoms with E-state index < -0.39 is 0 Å². The number of likely N-dealkylation sites (tertiary alicyclic amines) is 1. The maximum atomic E-state index is 12.8. The number of pyridine rings is 1. The molecule has 0 aliphatic carbocycles. The van der Waals surface area contributed by atoms with E-state index in [1.165, 1.54) is 0 Å². The maximum absolute atomic E-state index is 12.8. The molecule has 0 aromatic carbocycles. The summed E-state index contributed by atoms with van der Waals surface area (Å²) in [7, 11) is 0. The number of piperidine rings is 1. The fourth-order valence-electron chi connectivity index (χ4n) is 3.86. The molecule has 0 radical (unpaired) electrons. The van der Waals surface area contributed by atoms with Crippen molar-refractivity contribution in [1.82, 2.24) is 19.4 Å². The van der Waals surface area contributed by atoms with Crippen LogP contribution in [0.15, 0.2) is 47.4 Å². The summed E-state index contributed by atoms with van der Waals surface area (Å²) in [4.78, 5) is 23.5. The molecule has 0 spiro atoms. The van der Waals surface area contributed by atoms with Crippen LogP contribution in [0.25, 0.3) is 0 Å². The van der Waals surface area contributed by atoms with Gasteiger partial charge in [0.25, 0.3) is 5.91 Å². The molecule has 27 heavy (non-hydrogen) atoms. The van der Waals surface area contributed by atoms with Crippen LogP contribution in [0.2, 0.25) is 0 Å². The Bertz CT molecular complexity index is 921. The SMILES string of the molecule is Cc1cc(C(=O)N2CCC(c3nccn3Cc3cccnc3)CC2)c(C)o1. The topological polar surface area (TPSA) is 64.2 Å². The van der Waals surface area contributed by atoms with Crippen molar-refractivity contribution in [2.45, 2.75) is 39.2 Å². The summed E-state index contributed by atoms with van der Waals surface area (Å²) in [5, 5.41) is 0. The van der Waals surface area contributed by atoms with Gasteiger partial charge < -0.3 is 13.9 Å². The van der Waals surface area contributed by atoms with Gasteiger partial charge in [-0.05, 0) is 44.4 Å². The number of imidazole rings is 1. The van der Waals surface area contributed by atoms with Gasteiger partial charge in [-0.3, -0.25) is 9.78 Å². The molecule has 0 saturated carbocycles. The molecule has 4 rings (SSSR count). The van der Waals surface area contributed by atoms with Gasteiger partial charge in [0.05, 0.1) is 12.1 Å². The van der Waals surface area contributed by atoms with Gasteiger partial charge in [-0.15, -0.1) is 0 Å². The molecule has 1 fully saturated rings. The van der Waals surface area contributed by atoms with Crippen LogP contribution in [0.5, 0.6) is 0 Å². The quantitative estimate of drug-likeness (QED) is 0.710. The molecule has 4 heterocycles. The molecule has 1 amide bonds. The van der Waals surface area contributed by atoms with Crippen LogP contribution in [0.4, 0.5) is 0 Å². The van der Waals surface area contributed by atoms with E-state index in [9.17, 15) is 4.79 Å². The summed E-state index contributed by atoms with van der Waals surface area (Å²) in [5.74, 6) is 3.02. The van der Waals surface area contributed by atoms with Gasteiger partial charge in [0.15, 0.2) is 0 Å². The summed E-state index contributed by atoms with van der Waals surface area (Å²) < 4.78 is 7.71. The first kappa shape index (κ1) is 17.5. The Morgan fingerprint density at radius 2 is 2.07 bits per heavy atom. The number of hydrogen-bond acceptors (Lipinski definition) is 4. The third-order valence-corrected chi connectivity index (χ3v) is 5.24. The van der Waals surface area contributed by atoms with E-state index in [-0.39, 0.29) is 5.91 Å². The van der Waals surface area contributed by atoms with Gasteiger partial charge in [0.2, 0.25) is 0 Å². The number of amides is 1. The van der Waals surface area contributed by atoms with Crippen LogP contribution in [0.3, 0.4) is 0 Å². The lowest BCUT2D eigenvalue weighted by Crippen LogP contribution is -2.38. The zero-order chi connectivity index (χ0) is 18.8. The molecule has 3 aromatic rings. The number of nitrogens with zero attached hydrogens (tertiary/aromatic N) is 4. The summed E-state index contributed by atoms with van der Waals surface area (Å²) in [6, 6.07) is 5.87. The summed E-state index contributed by atoms with van der Waals surface area (Å²) in [5.41, 5.74) is 1.85. The highest BCUT2D eigenvalue weighted by atomic mass is 16.3. The lowest BCUT2D eigenvalue weighted by Gasteiger charge is -2.32. The van der Waals surface area contributed by atoms with Gasteiger partial charge in [0, 0.05) is 43.8 Å². The zero-order valence-corrected chi connectivity index (χ0v) is 15.8. The standard InChI is InChI=1S/C21H24N4O2/c1-15-12-19(16(2)27-15)21(26)24-9-5-18(6-10-24)20-23-8-11-25(20)14-17-4-3-7-22-13-17/h3-4,7-8,11-13,18H,5-6,9-10,14H2,1-2H3. The Hall–Kier alpha value is -2.89. The number of aromatic nitrogens is 3. The summed E-state index contributed by atoms with van der Waals surface area (Å²) in [6.07, 6.45) is 9.41. The second-order valence-electron chi connectivity index (χ2n) is 7.17. The normalized spacial score (nSPS) is 15.3. The van der Waals surface area contributed by atoms with Crippen LogP contribution >= 0.6 is 0 Å². The van der Waals surface area contributed by atoms with Crippen molar-refractivity contribution in [2.24, 2.45) is 0 Å². The molecule has 0 bridgehead atoms. The van der Waals surface area contributed by atoms with Crippen molar-refractivity contribution >= 4 is 5.91 Å². The molecular weight excluding hydrogens is 340 g/mol. The molecule has 140 valence electrons. The van der Waals surface area contributed by atoms with Crippen LogP contribution in [-0.2, 0) is 6.54 Å². The minimum Gasteiger partial charge on any atom is -0.466 e. The fraction of sp³-hybridized carbons (Fsp3) is 0.381. The molecule has 6 heteroatoms. The van der Waals surface area contributed by atoms with Gasteiger partial charge >= 0.3 is 0 Å². The van der Waals surface area contributed by atoms with Crippen molar-refractivity contribution in [2.75, 3.05) is 13.1 Å². The number of hydrogen-bond donors (Lipinski definition) is 0. The van der Waals surface area contributed by atoms with Crippen molar-refractivity contribution < 1.29 is 9.21 Å². The Morgan fingerprint density at radius 3 is 2.74 bits per heavy atom. The molecular formula is C21H24N4O2. The predicted molar refractivity (Wildman–Crippen MR) is 102 cm³/mol. The molecule has 0 unspecified atom stereocenters. The first-order valence-corrected chi connectivity index (χ1v) is 9.38. The van der Waals surface area contributed by atoms with E-state index in [0.717, 1.165) is 49.6 Å². The van der Waals surface area contributed by atoms with Gasteiger partial charge in [0.1, 0.15) is 17.3 Å². The average molecular weight is 364 g/mol. The minimum atomic E-state index is 0.0708. The maximum Gasteiger partial charge on any atom is 0.257 e. The van der Waals surface area contributed by atoms with Gasteiger partial charge in [-0.2, -0.15) is 0 Å². The highest BCUT2D eigenvalue weighted by Gasteiger charge is 2.28. The van der Waals surface area contributed by atoms with Crippen molar-refractivity contribution in [3.63, 3.8) is 0 Å². The fourth-order valence-corrected chi connectivity index (χ4v) is 3.86. The van der Waals surface area contributed by atoms with E-state index in [4.69, 9.17) is 4.42 Å². The third kappa shape index (κ3) is 3.65. The van der Waals surface area contributed by atoms with Gasteiger partial charge in [-0.1, -0.05) is 6.07 Å². The summed E-state index contributed by atoms with van der Waals surface area (Å²) in [6.45, 7) is 5.98. The smallest absolute Gasteiger partial charge is 0.257 e. The lowest BCUT2D eigenvalue weighted by molar-refractivity contribution is 0.0708. The Morgan fingerprint density at radius 1 is 1.26 bits per heavy atom. The second-order valence-corrected chi connectivity index (χ2v) is 7.17. The monoisotopic (exact) mass is 364 g/mol. The van der Waals surface area contributed by atoms with E-state index in [2.05, 4.69) is 20.6 Å². The van der Waals surface area contributed by atoms with Crippen molar-refractivity contribution in [3.8, 4) is 0 Å². The Balaban J connectivity index is 1.42. The molecule has 0 atom stereocenters. The molecule has 0 N–H and O–H groups in total. The molecule has 1 saturated heterocycles. The van der Waals surface area contributed by atoms with Crippen LogP contribution in [0, 0.1) is 13.8 Å². The van der Waals surface area contributed by atoms with E-state index in [0.29, 0.717) is 17.2 Å². The predicted octanol–water partition coefficient (Wildman–Crippen LogP) is 3.56. The van der Waals surface area contributed by atoms with E-state index in [1.54, 1.807) is 6.20 Å². The summed E-state index contributed by atoms with van der Waals surface area (Å²) >= 11 is 0. The highest BCUT2D eigenvalue weighted by molar-refractivity contribution is 5.95. The second kappa shape index (κ2) is 7.39. The Kier molecular flexibility index (Phi) is 4.79. The Labute approximate surface area is 158 Å². The molecule has 6 nitrogen and oxygen atoms in total. The van der Waals surface area contributed by atoms with Crippen molar-refractivity contribution in [3.05, 3.63) is 71.5 Å². The third-order valence-electron chi connectivity index (χ3n) is 5.24. The average Bonchev–Trinajstić information content (AvgIpc) is 3.28. The van der Waals surface area contributed by atoms with Crippen LogP contribution < -0.4 is 0 Å². The largest absolute Gasteiger partial charge is 0.466 e. The van der Waals surface area contributed by atoms with Crippen molar-refractivity contribution in [1.29, 1.82) is 0 Å². The van der Waals surface area contributed by atoms with E-state index in [1.807, 2.05) is 49.5 Å². The first-order valence-electron chi connectivity index (χ1n) is 9.38. The number of carbonyl (C=O) groups excluding carboxylic acids is 1. The first-order chi connectivity index (χ1) is 13.1. The zero-order valence-electron chi connectivity index (χ0n) is 15.8. The number of furan rings is 1.